The standard InChI is InChI=1S/C14H18F2N2O3/c1-13(2,3)21-10(19)9-5-17-12(20-9)18-6-8-4-14(8,7-18)11(15)16/h5,8,11H,4,6-7H2,1-3H3/t8-,14-/m0/s1. The second-order valence-corrected chi connectivity index (χ2v) is 6.82. The molecule has 1 saturated heterocycles. The Bertz CT molecular complexity index is 567. The minimum absolute atomic E-state index is 0.00521. The third-order valence-electron chi connectivity index (χ3n) is 4.00. The Hall–Kier alpha value is -1.66. The molecule has 0 amide bonds. The summed E-state index contributed by atoms with van der Waals surface area (Å²) >= 11 is 0. The maximum absolute atomic E-state index is 13.0. The van der Waals surface area contributed by atoms with Crippen LogP contribution in [0.4, 0.5) is 14.8 Å². The normalized spacial score (nSPS) is 27.9. The van der Waals surface area contributed by atoms with Gasteiger partial charge in [0.2, 0.25) is 12.2 Å². The van der Waals surface area contributed by atoms with E-state index in [4.69, 9.17) is 9.15 Å². The van der Waals surface area contributed by atoms with Crippen LogP contribution in [0, 0.1) is 11.3 Å². The molecule has 2 heterocycles. The fourth-order valence-electron chi connectivity index (χ4n) is 2.84. The van der Waals surface area contributed by atoms with E-state index in [-0.39, 0.29) is 24.2 Å². The molecule has 0 spiro atoms. The summed E-state index contributed by atoms with van der Waals surface area (Å²) < 4.78 is 36.6. The van der Waals surface area contributed by atoms with Gasteiger partial charge in [-0.3, -0.25) is 0 Å². The number of anilines is 1. The SMILES string of the molecule is CC(C)(C)OC(=O)c1cnc(N2C[C@@H]3C[C@]3(C(F)F)C2)o1. The lowest BCUT2D eigenvalue weighted by atomic mass is 10.1. The van der Waals surface area contributed by atoms with Crippen LogP contribution in [-0.2, 0) is 4.74 Å². The van der Waals surface area contributed by atoms with Gasteiger partial charge in [0.15, 0.2) is 0 Å². The third kappa shape index (κ3) is 2.49. The smallest absolute Gasteiger partial charge is 0.376 e. The van der Waals surface area contributed by atoms with Crippen LogP contribution in [0.3, 0.4) is 0 Å². The number of carbonyl (C=O) groups is 1. The average molecular weight is 300 g/mol. The van der Waals surface area contributed by atoms with Crippen molar-refractivity contribution in [2.24, 2.45) is 11.3 Å². The van der Waals surface area contributed by atoms with E-state index in [9.17, 15) is 13.6 Å². The second-order valence-electron chi connectivity index (χ2n) is 6.82. The van der Waals surface area contributed by atoms with E-state index in [1.54, 1.807) is 25.7 Å². The van der Waals surface area contributed by atoms with Crippen LogP contribution in [0.1, 0.15) is 37.7 Å². The van der Waals surface area contributed by atoms with Crippen LogP contribution in [0.25, 0.3) is 0 Å². The molecular weight excluding hydrogens is 282 g/mol. The van der Waals surface area contributed by atoms with E-state index in [1.807, 2.05) is 0 Å². The Morgan fingerprint density at radius 3 is 2.86 bits per heavy atom. The molecule has 0 radical (unpaired) electrons. The molecule has 0 N–H and O–H groups in total. The third-order valence-corrected chi connectivity index (χ3v) is 4.00. The van der Waals surface area contributed by atoms with Gasteiger partial charge in [-0.1, -0.05) is 0 Å². The predicted molar refractivity (Wildman–Crippen MR) is 70.4 cm³/mol. The van der Waals surface area contributed by atoms with Gasteiger partial charge < -0.3 is 14.1 Å². The number of aromatic nitrogens is 1. The highest BCUT2D eigenvalue weighted by atomic mass is 19.3. The van der Waals surface area contributed by atoms with Crippen LogP contribution < -0.4 is 4.90 Å². The van der Waals surface area contributed by atoms with Crippen LogP contribution in [0.15, 0.2) is 10.6 Å². The minimum atomic E-state index is -2.33. The van der Waals surface area contributed by atoms with Gasteiger partial charge in [-0.15, -0.1) is 0 Å². The van der Waals surface area contributed by atoms with E-state index < -0.39 is 23.4 Å². The summed E-state index contributed by atoms with van der Waals surface area (Å²) in [5.41, 5.74) is -1.53. The fourth-order valence-corrected chi connectivity index (χ4v) is 2.84. The van der Waals surface area contributed by atoms with Gasteiger partial charge in [0.05, 0.1) is 11.6 Å². The number of carbonyl (C=O) groups excluding carboxylic acids is 1. The van der Waals surface area contributed by atoms with Crippen LogP contribution >= 0.6 is 0 Å². The Morgan fingerprint density at radius 2 is 2.29 bits per heavy atom. The number of oxazole rings is 1. The summed E-state index contributed by atoms with van der Waals surface area (Å²) in [5, 5.41) is 0. The number of halogens is 2. The summed E-state index contributed by atoms with van der Waals surface area (Å²) in [7, 11) is 0. The summed E-state index contributed by atoms with van der Waals surface area (Å²) in [6, 6.07) is 0.211. The molecule has 0 unspecified atom stereocenters. The van der Waals surface area contributed by atoms with Crippen molar-refractivity contribution in [1.29, 1.82) is 0 Å². The molecule has 3 rings (SSSR count). The highest BCUT2D eigenvalue weighted by Crippen LogP contribution is 2.61. The number of fused-ring (bicyclic) bond motifs is 1. The Balaban J connectivity index is 1.68. The zero-order valence-electron chi connectivity index (χ0n) is 12.2. The Kier molecular flexibility index (Phi) is 3.00. The highest BCUT2D eigenvalue weighted by Gasteiger charge is 2.66. The van der Waals surface area contributed by atoms with Crippen molar-refractivity contribution in [2.75, 3.05) is 18.0 Å². The van der Waals surface area contributed by atoms with Gasteiger partial charge in [-0.05, 0) is 33.1 Å². The molecule has 1 aromatic heterocycles. The molecule has 116 valence electrons. The van der Waals surface area contributed by atoms with E-state index in [1.165, 1.54) is 6.20 Å². The molecule has 1 aliphatic carbocycles. The molecule has 2 aliphatic rings. The van der Waals surface area contributed by atoms with Gasteiger partial charge in [0.1, 0.15) is 5.60 Å². The molecule has 1 aromatic rings. The fraction of sp³-hybridized carbons (Fsp3) is 0.714. The van der Waals surface area contributed by atoms with Crippen molar-refractivity contribution in [2.45, 2.75) is 39.2 Å². The van der Waals surface area contributed by atoms with Gasteiger partial charge in [0, 0.05) is 13.1 Å². The summed E-state index contributed by atoms with van der Waals surface area (Å²) in [6.45, 7) is 5.98. The number of piperidine rings is 1. The number of hydrogen-bond donors (Lipinski definition) is 0. The van der Waals surface area contributed by atoms with Crippen LogP contribution in [0.2, 0.25) is 0 Å². The lowest BCUT2D eigenvalue weighted by molar-refractivity contribution is 0.00364. The van der Waals surface area contributed by atoms with Crippen molar-refractivity contribution in [1.82, 2.24) is 4.98 Å². The van der Waals surface area contributed by atoms with Crippen LogP contribution in [0.5, 0.6) is 0 Å². The number of hydrogen-bond acceptors (Lipinski definition) is 5. The average Bonchev–Trinajstić information content (AvgIpc) is 2.78. The van der Waals surface area contributed by atoms with Gasteiger partial charge in [-0.2, -0.15) is 0 Å². The monoisotopic (exact) mass is 300 g/mol. The Morgan fingerprint density at radius 1 is 1.57 bits per heavy atom. The van der Waals surface area contributed by atoms with E-state index in [0.29, 0.717) is 13.0 Å². The lowest BCUT2D eigenvalue weighted by Crippen LogP contribution is -2.27. The number of alkyl halides is 2. The summed E-state index contributed by atoms with van der Waals surface area (Å²) in [5.74, 6) is -0.616. The van der Waals surface area contributed by atoms with E-state index in [2.05, 4.69) is 4.98 Å². The maximum atomic E-state index is 13.0. The van der Waals surface area contributed by atoms with Gasteiger partial charge in [0.25, 0.3) is 6.01 Å². The number of esters is 1. The van der Waals surface area contributed by atoms with E-state index in [0.717, 1.165) is 0 Å². The molecule has 1 saturated carbocycles. The van der Waals surface area contributed by atoms with E-state index >= 15 is 0 Å². The first-order valence-electron chi connectivity index (χ1n) is 6.93. The van der Waals surface area contributed by atoms with Crippen molar-refractivity contribution >= 4 is 12.0 Å². The first-order chi connectivity index (χ1) is 9.71. The molecular formula is C14H18F2N2O3. The molecule has 0 aromatic carbocycles. The van der Waals surface area contributed by atoms with Crippen molar-refractivity contribution in [3.63, 3.8) is 0 Å². The highest BCUT2D eigenvalue weighted by molar-refractivity contribution is 5.86. The Labute approximate surface area is 121 Å². The lowest BCUT2D eigenvalue weighted by Gasteiger charge is -2.19. The zero-order valence-corrected chi connectivity index (χ0v) is 12.2. The van der Waals surface area contributed by atoms with Crippen LogP contribution in [-0.4, -0.2) is 36.1 Å². The maximum Gasteiger partial charge on any atom is 0.376 e. The first kappa shape index (κ1) is 14.3. The zero-order chi connectivity index (χ0) is 15.4. The van der Waals surface area contributed by atoms with Gasteiger partial charge in [-0.25, -0.2) is 18.6 Å². The molecule has 21 heavy (non-hydrogen) atoms. The largest absolute Gasteiger partial charge is 0.454 e. The van der Waals surface area contributed by atoms with Crippen molar-refractivity contribution in [3.05, 3.63) is 12.0 Å². The molecule has 2 fully saturated rings. The topological polar surface area (TPSA) is 55.6 Å². The molecule has 5 nitrogen and oxygen atoms in total. The number of ether oxygens (including phenoxy) is 1. The van der Waals surface area contributed by atoms with Crippen molar-refractivity contribution < 1.29 is 22.7 Å². The second kappa shape index (κ2) is 4.42. The minimum Gasteiger partial charge on any atom is -0.454 e. The summed E-state index contributed by atoms with van der Waals surface area (Å²) in [6.07, 6.45) is -0.490. The number of rotatable bonds is 3. The first-order valence-corrected chi connectivity index (χ1v) is 6.93. The molecule has 0 bridgehead atoms. The molecule has 2 atom stereocenters. The van der Waals surface area contributed by atoms with Gasteiger partial charge >= 0.3 is 5.97 Å². The predicted octanol–water partition coefficient (Wildman–Crippen LogP) is 2.72. The molecule has 1 aliphatic heterocycles. The summed E-state index contributed by atoms with van der Waals surface area (Å²) in [4.78, 5) is 17.5. The quantitative estimate of drug-likeness (QED) is 0.803. The number of nitrogens with zero attached hydrogens (tertiary/aromatic N) is 2. The molecule has 7 heteroatoms. The van der Waals surface area contributed by atoms with Crippen molar-refractivity contribution in [3.8, 4) is 0 Å².